The summed E-state index contributed by atoms with van der Waals surface area (Å²) < 4.78 is 0. The number of benzene rings is 1. The molecule has 0 saturated carbocycles. The fourth-order valence-corrected chi connectivity index (χ4v) is 4.86. The summed E-state index contributed by atoms with van der Waals surface area (Å²) in [5.41, 5.74) is 7.08. The zero-order valence-electron chi connectivity index (χ0n) is 17.3. The van der Waals surface area contributed by atoms with Crippen LogP contribution in [0.2, 0.25) is 0 Å². The Balaban J connectivity index is 1.49. The number of hydrogen-bond acceptors (Lipinski definition) is 7. The highest BCUT2D eigenvalue weighted by atomic mass is 32.1. The first kappa shape index (κ1) is 20.6. The van der Waals surface area contributed by atoms with Crippen LogP contribution in [0.1, 0.15) is 29.1 Å². The highest BCUT2D eigenvalue weighted by molar-refractivity contribution is 7.11. The third-order valence-electron chi connectivity index (χ3n) is 5.68. The van der Waals surface area contributed by atoms with Gasteiger partial charge in [-0.25, -0.2) is 0 Å². The lowest BCUT2D eigenvalue weighted by Crippen LogP contribution is -2.62. The molecule has 9 heteroatoms. The van der Waals surface area contributed by atoms with Crippen molar-refractivity contribution in [3.05, 3.63) is 46.2 Å². The number of piperazine rings is 1. The minimum Gasteiger partial charge on any atom is -0.369 e. The quantitative estimate of drug-likeness (QED) is 0.558. The SMILES string of the molecule is CCNC(=O)C1(NC(=O)c2ccc(N3CCN(CC)CC3)cc2)NNc2ccsc21. The zero-order chi connectivity index (χ0) is 21.1. The fourth-order valence-electron chi connectivity index (χ4n) is 3.90. The van der Waals surface area contributed by atoms with Gasteiger partial charge in [-0.15, -0.1) is 11.3 Å². The summed E-state index contributed by atoms with van der Waals surface area (Å²) in [5, 5.41) is 7.62. The topological polar surface area (TPSA) is 88.7 Å². The van der Waals surface area contributed by atoms with Crippen molar-refractivity contribution in [2.24, 2.45) is 0 Å². The maximum atomic E-state index is 13.0. The number of hydrogen-bond donors (Lipinski definition) is 4. The van der Waals surface area contributed by atoms with Crippen LogP contribution in [0.4, 0.5) is 11.4 Å². The summed E-state index contributed by atoms with van der Waals surface area (Å²) in [6.07, 6.45) is 0. The van der Waals surface area contributed by atoms with Gasteiger partial charge in [0.15, 0.2) is 0 Å². The second-order valence-electron chi connectivity index (χ2n) is 7.45. The Labute approximate surface area is 180 Å². The molecule has 30 heavy (non-hydrogen) atoms. The highest BCUT2D eigenvalue weighted by Crippen LogP contribution is 2.36. The average molecular weight is 429 g/mol. The Hall–Kier alpha value is -2.62. The molecule has 1 fully saturated rings. The molecule has 0 radical (unpaired) electrons. The number of carbonyl (C=O) groups is 2. The minimum absolute atomic E-state index is 0.294. The number of rotatable bonds is 6. The summed E-state index contributed by atoms with van der Waals surface area (Å²) in [6, 6.07) is 9.48. The first-order valence-corrected chi connectivity index (χ1v) is 11.2. The summed E-state index contributed by atoms with van der Waals surface area (Å²) in [6.45, 7) is 9.65. The van der Waals surface area contributed by atoms with Crippen LogP contribution in [-0.4, -0.2) is 56.0 Å². The molecule has 1 aromatic carbocycles. The number of likely N-dealkylation sites (N-methyl/N-ethyl adjacent to an activating group) is 2. The van der Waals surface area contributed by atoms with Gasteiger partial charge in [-0.2, -0.15) is 5.43 Å². The number of anilines is 2. The normalized spacial score (nSPS) is 21.1. The number of amides is 2. The average Bonchev–Trinajstić information content (AvgIpc) is 3.38. The molecule has 1 aromatic heterocycles. The van der Waals surface area contributed by atoms with Gasteiger partial charge in [0.05, 0.1) is 10.6 Å². The van der Waals surface area contributed by atoms with Crippen molar-refractivity contribution in [2.45, 2.75) is 19.5 Å². The van der Waals surface area contributed by atoms with Crippen molar-refractivity contribution in [3.63, 3.8) is 0 Å². The van der Waals surface area contributed by atoms with Gasteiger partial charge >= 0.3 is 0 Å². The third-order valence-corrected chi connectivity index (χ3v) is 6.72. The smallest absolute Gasteiger partial charge is 0.268 e. The number of thiophene rings is 1. The first-order valence-electron chi connectivity index (χ1n) is 10.4. The van der Waals surface area contributed by atoms with E-state index in [0.29, 0.717) is 12.1 Å². The number of fused-ring (bicyclic) bond motifs is 1. The molecule has 2 aliphatic rings. The van der Waals surface area contributed by atoms with E-state index in [2.05, 4.69) is 38.2 Å². The minimum atomic E-state index is -1.33. The second kappa shape index (κ2) is 8.63. The molecule has 160 valence electrons. The summed E-state index contributed by atoms with van der Waals surface area (Å²) in [5.74, 6) is -0.600. The lowest BCUT2D eigenvalue weighted by molar-refractivity contribution is -0.128. The van der Waals surface area contributed by atoms with Gasteiger partial charge < -0.3 is 25.9 Å². The van der Waals surface area contributed by atoms with Gasteiger partial charge in [0, 0.05) is 44.0 Å². The molecule has 4 rings (SSSR count). The maximum Gasteiger partial charge on any atom is 0.268 e. The Morgan fingerprint density at radius 3 is 2.50 bits per heavy atom. The van der Waals surface area contributed by atoms with Crippen LogP contribution >= 0.6 is 11.3 Å². The van der Waals surface area contributed by atoms with E-state index in [4.69, 9.17) is 0 Å². The number of hydrazine groups is 1. The van der Waals surface area contributed by atoms with Crippen LogP contribution < -0.4 is 26.4 Å². The van der Waals surface area contributed by atoms with E-state index in [1.54, 1.807) is 0 Å². The molecule has 1 saturated heterocycles. The molecular formula is C21H28N6O2S. The van der Waals surface area contributed by atoms with Crippen molar-refractivity contribution in [3.8, 4) is 0 Å². The molecular weight excluding hydrogens is 400 g/mol. The predicted octanol–water partition coefficient (Wildman–Crippen LogP) is 1.54. The van der Waals surface area contributed by atoms with E-state index in [-0.39, 0.29) is 11.8 Å². The molecule has 0 bridgehead atoms. The molecule has 2 amide bonds. The highest BCUT2D eigenvalue weighted by Gasteiger charge is 2.48. The fraction of sp³-hybridized carbons (Fsp3) is 0.429. The van der Waals surface area contributed by atoms with Crippen LogP contribution in [0.15, 0.2) is 35.7 Å². The molecule has 0 aliphatic carbocycles. The molecule has 2 aliphatic heterocycles. The Morgan fingerprint density at radius 1 is 1.10 bits per heavy atom. The van der Waals surface area contributed by atoms with Crippen molar-refractivity contribution in [1.82, 2.24) is 21.0 Å². The van der Waals surface area contributed by atoms with Crippen molar-refractivity contribution in [1.29, 1.82) is 0 Å². The predicted molar refractivity (Wildman–Crippen MR) is 120 cm³/mol. The molecule has 1 unspecified atom stereocenters. The second-order valence-corrected chi connectivity index (χ2v) is 8.36. The first-order chi connectivity index (χ1) is 14.6. The van der Waals surface area contributed by atoms with Gasteiger partial charge in [-0.1, -0.05) is 6.92 Å². The number of nitrogens with one attached hydrogen (secondary N) is 4. The molecule has 1 atom stereocenters. The van der Waals surface area contributed by atoms with Gasteiger partial charge in [0.2, 0.25) is 5.66 Å². The maximum absolute atomic E-state index is 13.0. The standard InChI is InChI=1S/C21H28N6O2S/c1-3-22-20(29)21(18-17(24-25-21)9-14-30-18)23-19(28)15-5-7-16(8-6-15)27-12-10-26(4-2)11-13-27/h5-9,14,24-25H,3-4,10-13H2,1-2H3,(H,22,29)(H,23,28). The van der Waals surface area contributed by atoms with Crippen molar-refractivity contribution >= 4 is 34.5 Å². The number of carbonyl (C=O) groups excluding carboxylic acids is 2. The van der Waals surface area contributed by atoms with Crippen LogP contribution in [-0.2, 0) is 10.5 Å². The van der Waals surface area contributed by atoms with E-state index >= 15 is 0 Å². The Bertz CT molecular complexity index is 906. The molecule has 8 nitrogen and oxygen atoms in total. The van der Waals surface area contributed by atoms with Crippen LogP contribution in [0.3, 0.4) is 0 Å². The van der Waals surface area contributed by atoms with E-state index in [1.165, 1.54) is 11.3 Å². The lowest BCUT2D eigenvalue weighted by Gasteiger charge is -2.35. The molecule has 3 heterocycles. The third kappa shape index (κ3) is 3.76. The van der Waals surface area contributed by atoms with Gasteiger partial charge in [0.1, 0.15) is 0 Å². The Morgan fingerprint density at radius 2 is 1.83 bits per heavy atom. The Kier molecular flexibility index (Phi) is 5.94. The van der Waals surface area contributed by atoms with E-state index in [9.17, 15) is 9.59 Å². The van der Waals surface area contributed by atoms with Gasteiger partial charge in [-0.05, 0) is 49.2 Å². The number of nitrogens with zero attached hydrogens (tertiary/aromatic N) is 2. The van der Waals surface area contributed by atoms with E-state index < -0.39 is 5.66 Å². The lowest BCUT2D eigenvalue weighted by atomic mass is 10.1. The van der Waals surface area contributed by atoms with Crippen molar-refractivity contribution in [2.75, 3.05) is 49.6 Å². The van der Waals surface area contributed by atoms with E-state index in [0.717, 1.165) is 49.0 Å². The largest absolute Gasteiger partial charge is 0.369 e. The molecule has 0 spiro atoms. The summed E-state index contributed by atoms with van der Waals surface area (Å²) >= 11 is 1.42. The van der Waals surface area contributed by atoms with Crippen LogP contribution in [0.5, 0.6) is 0 Å². The van der Waals surface area contributed by atoms with Crippen LogP contribution in [0.25, 0.3) is 0 Å². The van der Waals surface area contributed by atoms with Gasteiger partial charge in [-0.3, -0.25) is 9.59 Å². The molecule has 2 aromatic rings. The zero-order valence-corrected chi connectivity index (χ0v) is 18.1. The summed E-state index contributed by atoms with van der Waals surface area (Å²) in [4.78, 5) is 31.4. The van der Waals surface area contributed by atoms with Crippen molar-refractivity contribution < 1.29 is 9.59 Å². The summed E-state index contributed by atoms with van der Waals surface area (Å²) in [7, 11) is 0. The monoisotopic (exact) mass is 428 g/mol. The molecule has 4 N–H and O–H groups in total. The van der Waals surface area contributed by atoms with Gasteiger partial charge in [0.25, 0.3) is 11.8 Å². The van der Waals surface area contributed by atoms with Crippen LogP contribution in [0, 0.1) is 0 Å². The van der Waals surface area contributed by atoms with E-state index in [1.807, 2.05) is 42.6 Å².